The number of nitrogens with zero attached hydrogens (tertiary/aromatic N) is 1. The molecule has 2 atom stereocenters. The van der Waals surface area contributed by atoms with Crippen LogP contribution in [-0.4, -0.2) is 48.2 Å². The van der Waals surface area contributed by atoms with Crippen molar-refractivity contribution in [2.24, 2.45) is 5.92 Å². The van der Waals surface area contributed by atoms with Crippen LogP contribution in [0.4, 0.5) is 4.79 Å². The van der Waals surface area contributed by atoms with Crippen LogP contribution in [0, 0.1) is 5.92 Å². The Hall–Kier alpha value is -1.50. The van der Waals surface area contributed by atoms with E-state index in [1.54, 1.807) is 30.0 Å². The molecule has 0 radical (unpaired) electrons. The molecule has 0 saturated carbocycles. The van der Waals surface area contributed by atoms with Gasteiger partial charge in [0.2, 0.25) is 5.91 Å². The number of carbonyl (C=O) groups excluding carboxylic acids is 2. The molecule has 1 aliphatic rings. The van der Waals surface area contributed by atoms with E-state index in [4.69, 9.17) is 27.9 Å². The van der Waals surface area contributed by atoms with Crippen LogP contribution >= 0.6 is 23.2 Å². The highest BCUT2D eigenvalue weighted by atomic mass is 35.5. The number of piperidine rings is 1. The molecular weight excluding hydrogens is 379 g/mol. The number of ether oxygens (including phenoxy) is 1. The number of amides is 2. The highest BCUT2D eigenvalue weighted by molar-refractivity contribution is 6.42. The van der Waals surface area contributed by atoms with Crippen molar-refractivity contribution in [3.63, 3.8) is 0 Å². The largest absolute Gasteiger partial charge is 0.450 e. The highest BCUT2D eigenvalue weighted by Crippen LogP contribution is 2.26. The van der Waals surface area contributed by atoms with Crippen LogP contribution in [0.5, 0.6) is 0 Å². The first kappa shape index (κ1) is 20.8. The van der Waals surface area contributed by atoms with E-state index in [1.165, 1.54) is 0 Å². The van der Waals surface area contributed by atoms with Crippen molar-refractivity contribution < 1.29 is 19.4 Å². The summed E-state index contributed by atoms with van der Waals surface area (Å²) in [4.78, 5) is 25.7. The number of likely N-dealkylation sites (tertiary alicyclic amines) is 1. The number of aliphatic hydroxyl groups excluding tert-OH is 1. The Bertz CT molecular complexity index is 642. The van der Waals surface area contributed by atoms with Gasteiger partial charge in [-0.15, -0.1) is 0 Å². The lowest BCUT2D eigenvalue weighted by atomic mass is 9.97. The monoisotopic (exact) mass is 402 g/mol. The minimum atomic E-state index is -0.743. The van der Waals surface area contributed by atoms with E-state index in [1.807, 2.05) is 0 Å². The maximum atomic E-state index is 12.3. The molecule has 1 aromatic rings. The number of aliphatic hydroxyl groups is 1. The van der Waals surface area contributed by atoms with Crippen molar-refractivity contribution in [3.05, 3.63) is 33.8 Å². The molecule has 1 aromatic carbocycles. The molecule has 1 fully saturated rings. The van der Waals surface area contributed by atoms with Gasteiger partial charge in [0.15, 0.2) is 0 Å². The Balaban J connectivity index is 1.78. The molecule has 2 rings (SSSR count). The number of benzene rings is 1. The van der Waals surface area contributed by atoms with Crippen molar-refractivity contribution in [1.82, 2.24) is 10.2 Å². The van der Waals surface area contributed by atoms with Gasteiger partial charge >= 0.3 is 6.09 Å². The number of halogens is 2. The van der Waals surface area contributed by atoms with Gasteiger partial charge < -0.3 is 20.1 Å². The van der Waals surface area contributed by atoms with E-state index >= 15 is 0 Å². The molecule has 1 heterocycles. The molecule has 144 valence electrons. The van der Waals surface area contributed by atoms with Gasteiger partial charge in [0, 0.05) is 19.6 Å². The molecule has 6 nitrogen and oxygen atoms in total. The van der Waals surface area contributed by atoms with Gasteiger partial charge in [0.1, 0.15) is 0 Å². The number of hydrogen-bond acceptors (Lipinski definition) is 4. The van der Waals surface area contributed by atoms with Crippen LogP contribution in [0.15, 0.2) is 18.2 Å². The van der Waals surface area contributed by atoms with Gasteiger partial charge in [-0.25, -0.2) is 4.79 Å². The highest BCUT2D eigenvalue weighted by Gasteiger charge is 2.28. The average molecular weight is 403 g/mol. The van der Waals surface area contributed by atoms with Gasteiger partial charge in [-0.1, -0.05) is 29.3 Å². The summed E-state index contributed by atoms with van der Waals surface area (Å²) < 4.78 is 4.99. The predicted octanol–water partition coefficient (Wildman–Crippen LogP) is 3.40. The van der Waals surface area contributed by atoms with E-state index in [-0.39, 0.29) is 17.9 Å². The van der Waals surface area contributed by atoms with Gasteiger partial charge in [-0.05, 0) is 43.9 Å². The molecule has 0 unspecified atom stereocenters. The second-order valence-corrected chi connectivity index (χ2v) is 7.07. The number of hydrogen-bond donors (Lipinski definition) is 2. The molecule has 2 amide bonds. The fourth-order valence-electron chi connectivity index (χ4n) is 2.93. The minimum Gasteiger partial charge on any atom is -0.450 e. The summed E-state index contributed by atoms with van der Waals surface area (Å²) in [7, 11) is 0. The van der Waals surface area contributed by atoms with Crippen molar-refractivity contribution >= 4 is 35.2 Å². The van der Waals surface area contributed by atoms with E-state index in [0.717, 1.165) is 12.8 Å². The molecule has 0 aromatic heterocycles. The Morgan fingerprint density at radius 3 is 2.85 bits per heavy atom. The fraction of sp³-hybridized carbons (Fsp3) is 0.556. The van der Waals surface area contributed by atoms with Crippen molar-refractivity contribution in [2.75, 3.05) is 26.2 Å². The SMILES string of the molecule is CCOC(=O)N1CCC[C@@H](C(=O)NCC[C@@H](O)c2ccc(Cl)c(Cl)c2)C1. The maximum absolute atomic E-state index is 12.3. The van der Waals surface area contributed by atoms with Gasteiger partial charge in [0.05, 0.1) is 28.7 Å². The normalized spacial score (nSPS) is 18.3. The summed E-state index contributed by atoms with van der Waals surface area (Å²) in [6, 6.07) is 4.96. The third-order valence-corrected chi connectivity index (χ3v) is 5.10. The second-order valence-electron chi connectivity index (χ2n) is 6.25. The average Bonchev–Trinajstić information content (AvgIpc) is 2.64. The second kappa shape index (κ2) is 10.00. The van der Waals surface area contributed by atoms with E-state index in [9.17, 15) is 14.7 Å². The topological polar surface area (TPSA) is 78.9 Å². The Morgan fingerprint density at radius 2 is 2.15 bits per heavy atom. The molecule has 0 aliphatic carbocycles. The molecule has 0 bridgehead atoms. The first-order chi connectivity index (χ1) is 12.4. The summed E-state index contributed by atoms with van der Waals surface area (Å²) in [6.45, 7) is 3.37. The van der Waals surface area contributed by atoms with Gasteiger partial charge in [-0.3, -0.25) is 4.79 Å². The number of rotatable bonds is 6. The van der Waals surface area contributed by atoms with Crippen molar-refractivity contribution in [1.29, 1.82) is 0 Å². The Kier molecular flexibility index (Phi) is 8.00. The van der Waals surface area contributed by atoms with Crippen LogP contribution in [-0.2, 0) is 9.53 Å². The summed E-state index contributed by atoms with van der Waals surface area (Å²) >= 11 is 11.8. The number of carbonyl (C=O) groups is 2. The van der Waals surface area contributed by atoms with Gasteiger partial charge in [-0.2, -0.15) is 0 Å². The van der Waals surface area contributed by atoms with Crippen molar-refractivity contribution in [2.45, 2.75) is 32.3 Å². The standard InChI is InChI=1S/C18H24Cl2N2O4/c1-2-26-18(25)22-9-3-4-13(11-22)17(24)21-8-7-16(23)12-5-6-14(19)15(20)10-12/h5-6,10,13,16,23H,2-4,7-9,11H2,1H3,(H,21,24)/t13-,16-/m1/s1. The molecule has 2 N–H and O–H groups in total. The quantitative estimate of drug-likeness (QED) is 0.763. The molecule has 1 aliphatic heterocycles. The summed E-state index contributed by atoms with van der Waals surface area (Å²) in [5.74, 6) is -0.365. The van der Waals surface area contributed by atoms with Gasteiger partial charge in [0.25, 0.3) is 0 Å². The zero-order valence-electron chi connectivity index (χ0n) is 14.7. The van der Waals surface area contributed by atoms with Crippen LogP contribution in [0.25, 0.3) is 0 Å². The third kappa shape index (κ3) is 5.76. The Labute approximate surface area is 163 Å². The molecule has 26 heavy (non-hydrogen) atoms. The lowest BCUT2D eigenvalue weighted by Gasteiger charge is -2.31. The first-order valence-corrected chi connectivity index (χ1v) is 9.50. The summed E-state index contributed by atoms with van der Waals surface area (Å²) in [5.41, 5.74) is 0.653. The third-order valence-electron chi connectivity index (χ3n) is 4.36. The van der Waals surface area contributed by atoms with Crippen LogP contribution in [0.2, 0.25) is 10.0 Å². The van der Waals surface area contributed by atoms with Crippen LogP contribution < -0.4 is 5.32 Å². The lowest BCUT2D eigenvalue weighted by molar-refractivity contribution is -0.126. The van der Waals surface area contributed by atoms with E-state index in [0.29, 0.717) is 48.3 Å². The van der Waals surface area contributed by atoms with Crippen LogP contribution in [0.3, 0.4) is 0 Å². The maximum Gasteiger partial charge on any atom is 0.409 e. The molecule has 0 spiro atoms. The Morgan fingerprint density at radius 1 is 1.38 bits per heavy atom. The predicted molar refractivity (Wildman–Crippen MR) is 100 cm³/mol. The fourth-order valence-corrected chi connectivity index (χ4v) is 3.24. The zero-order valence-corrected chi connectivity index (χ0v) is 16.2. The minimum absolute atomic E-state index is 0.111. The molecule has 1 saturated heterocycles. The number of nitrogens with one attached hydrogen (secondary N) is 1. The van der Waals surface area contributed by atoms with Crippen molar-refractivity contribution in [3.8, 4) is 0 Å². The molecule has 8 heteroatoms. The molecular formula is C18H24Cl2N2O4. The lowest BCUT2D eigenvalue weighted by Crippen LogP contribution is -2.45. The van der Waals surface area contributed by atoms with E-state index < -0.39 is 6.10 Å². The van der Waals surface area contributed by atoms with Crippen LogP contribution in [0.1, 0.15) is 37.9 Å². The summed E-state index contributed by atoms with van der Waals surface area (Å²) in [5, 5.41) is 13.9. The zero-order chi connectivity index (χ0) is 19.1. The first-order valence-electron chi connectivity index (χ1n) is 8.74. The summed E-state index contributed by atoms with van der Waals surface area (Å²) in [6.07, 6.45) is 0.741. The van der Waals surface area contributed by atoms with E-state index in [2.05, 4.69) is 5.32 Å². The smallest absolute Gasteiger partial charge is 0.409 e.